The molecule has 0 radical (unpaired) electrons. The SMILES string of the molecule is C/C=C1\CCCC2=C1N(Cc1ccccc1)CCO2. The van der Waals surface area contributed by atoms with Crippen molar-refractivity contribution in [2.75, 3.05) is 13.2 Å². The lowest BCUT2D eigenvalue weighted by atomic mass is 9.94. The van der Waals surface area contributed by atoms with Crippen molar-refractivity contribution < 1.29 is 4.74 Å². The van der Waals surface area contributed by atoms with Gasteiger partial charge in [-0.2, -0.15) is 0 Å². The highest BCUT2D eigenvalue weighted by molar-refractivity contribution is 5.36. The highest BCUT2D eigenvalue weighted by atomic mass is 16.5. The summed E-state index contributed by atoms with van der Waals surface area (Å²) in [6.45, 7) is 4.94. The van der Waals surface area contributed by atoms with E-state index in [1.54, 1.807) is 0 Å². The molecule has 0 spiro atoms. The number of allylic oxidation sites excluding steroid dienone is 3. The molecule has 2 aliphatic rings. The molecule has 2 nitrogen and oxygen atoms in total. The summed E-state index contributed by atoms with van der Waals surface area (Å²) in [5.41, 5.74) is 4.19. The maximum Gasteiger partial charge on any atom is 0.120 e. The first-order valence-corrected chi connectivity index (χ1v) is 7.19. The summed E-state index contributed by atoms with van der Waals surface area (Å²) in [4.78, 5) is 2.49. The van der Waals surface area contributed by atoms with Gasteiger partial charge < -0.3 is 9.64 Å². The molecule has 0 unspecified atom stereocenters. The molecule has 0 bridgehead atoms. The zero-order valence-corrected chi connectivity index (χ0v) is 11.6. The molecule has 1 aliphatic carbocycles. The van der Waals surface area contributed by atoms with E-state index in [-0.39, 0.29) is 0 Å². The van der Waals surface area contributed by atoms with Gasteiger partial charge in [-0.25, -0.2) is 0 Å². The number of hydrogen-bond donors (Lipinski definition) is 0. The molecule has 0 N–H and O–H groups in total. The van der Waals surface area contributed by atoms with Gasteiger partial charge in [0.25, 0.3) is 0 Å². The summed E-state index contributed by atoms with van der Waals surface area (Å²) in [7, 11) is 0. The normalized spacial score (nSPS) is 21.3. The van der Waals surface area contributed by atoms with Gasteiger partial charge in [-0.3, -0.25) is 0 Å². The van der Waals surface area contributed by atoms with Gasteiger partial charge in [0.2, 0.25) is 0 Å². The van der Waals surface area contributed by atoms with Crippen LogP contribution in [-0.2, 0) is 11.3 Å². The molecule has 100 valence electrons. The minimum absolute atomic E-state index is 0.822. The van der Waals surface area contributed by atoms with Crippen molar-refractivity contribution in [2.24, 2.45) is 0 Å². The van der Waals surface area contributed by atoms with E-state index in [0.717, 1.165) is 26.1 Å². The number of nitrogens with zero attached hydrogens (tertiary/aromatic N) is 1. The second-order valence-electron chi connectivity index (χ2n) is 5.19. The fourth-order valence-corrected chi connectivity index (χ4v) is 3.01. The van der Waals surface area contributed by atoms with Gasteiger partial charge in [-0.15, -0.1) is 0 Å². The Morgan fingerprint density at radius 2 is 2.05 bits per heavy atom. The van der Waals surface area contributed by atoms with Crippen molar-refractivity contribution in [3.63, 3.8) is 0 Å². The summed E-state index contributed by atoms with van der Waals surface area (Å²) in [6.07, 6.45) is 5.75. The van der Waals surface area contributed by atoms with Crippen LogP contribution in [0, 0.1) is 0 Å². The molecular weight excluding hydrogens is 234 g/mol. The number of hydrogen-bond acceptors (Lipinski definition) is 2. The van der Waals surface area contributed by atoms with E-state index in [4.69, 9.17) is 4.74 Å². The maximum atomic E-state index is 5.88. The molecule has 1 aromatic rings. The summed E-state index contributed by atoms with van der Waals surface area (Å²) >= 11 is 0. The molecule has 2 heteroatoms. The molecule has 19 heavy (non-hydrogen) atoms. The first-order valence-electron chi connectivity index (χ1n) is 7.19. The second-order valence-corrected chi connectivity index (χ2v) is 5.19. The smallest absolute Gasteiger partial charge is 0.120 e. The van der Waals surface area contributed by atoms with Crippen LogP contribution in [0.5, 0.6) is 0 Å². The fourth-order valence-electron chi connectivity index (χ4n) is 3.01. The van der Waals surface area contributed by atoms with E-state index in [9.17, 15) is 0 Å². The number of ether oxygens (including phenoxy) is 1. The van der Waals surface area contributed by atoms with Crippen LogP contribution in [0.1, 0.15) is 31.7 Å². The molecule has 0 saturated carbocycles. The lowest BCUT2D eigenvalue weighted by Crippen LogP contribution is -2.34. The van der Waals surface area contributed by atoms with Gasteiger partial charge in [-0.05, 0) is 30.9 Å². The van der Waals surface area contributed by atoms with Gasteiger partial charge in [0.15, 0.2) is 0 Å². The van der Waals surface area contributed by atoms with E-state index < -0.39 is 0 Å². The zero-order valence-electron chi connectivity index (χ0n) is 11.6. The molecule has 1 aliphatic heterocycles. The van der Waals surface area contributed by atoms with Crippen molar-refractivity contribution in [3.05, 3.63) is 59.0 Å². The molecule has 3 rings (SSSR count). The number of rotatable bonds is 2. The Morgan fingerprint density at radius 3 is 2.84 bits per heavy atom. The Balaban J connectivity index is 1.88. The monoisotopic (exact) mass is 255 g/mol. The van der Waals surface area contributed by atoms with Gasteiger partial charge >= 0.3 is 0 Å². The van der Waals surface area contributed by atoms with Crippen molar-refractivity contribution in [1.82, 2.24) is 4.90 Å². The summed E-state index contributed by atoms with van der Waals surface area (Å²) in [5, 5.41) is 0. The minimum Gasteiger partial charge on any atom is -0.494 e. The molecule has 1 heterocycles. The molecule has 0 fully saturated rings. The van der Waals surface area contributed by atoms with Crippen LogP contribution in [-0.4, -0.2) is 18.1 Å². The summed E-state index contributed by atoms with van der Waals surface area (Å²) in [6, 6.07) is 10.7. The standard InChI is InChI=1S/C17H21NO/c1-2-15-9-6-10-16-17(15)18(11-12-19-16)13-14-7-4-3-5-8-14/h2-5,7-8H,6,9-13H2,1H3/b15-2+. The molecule has 0 atom stereocenters. The van der Waals surface area contributed by atoms with Gasteiger partial charge in [0.1, 0.15) is 12.4 Å². The molecule has 0 aromatic heterocycles. The highest BCUT2D eigenvalue weighted by Crippen LogP contribution is 2.35. The van der Waals surface area contributed by atoms with Crippen molar-refractivity contribution >= 4 is 0 Å². The van der Waals surface area contributed by atoms with Crippen molar-refractivity contribution in [1.29, 1.82) is 0 Å². The first kappa shape index (κ1) is 12.3. The van der Waals surface area contributed by atoms with Crippen LogP contribution in [0.3, 0.4) is 0 Å². The zero-order chi connectivity index (χ0) is 13.1. The number of benzene rings is 1. The minimum atomic E-state index is 0.822. The van der Waals surface area contributed by atoms with Crippen LogP contribution >= 0.6 is 0 Å². The Labute approximate surface area is 115 Å². The Bertz CT molecular complexity index is 497. The highest BCUT2D eigenvalue weighted by Gasteiger charge is 2.26. The molecule has 1 aromatic carbocycles. The van der Waals surface area contributed by atoms with Gasteiger partial charge in [-0.1, -0.05) is 36.4 Å². The molecule has 0 saturated heterocycles. The van der Waals surface area contributed by atoms with Crippen LogP contribution < -0.4 is 0 Å². The lowest BCUT2D eigenvalue weighted by molar-refractivity contribution is 0.115. The third-order valence-corrected chi connectivity index (χ3v) is 3.94. The van der Waals surface area contributed by atoms with Crippen molar-refractivity contribution in [2.45, 2.75) is 32.7 Å². The Morgan fingerprint density at radius 1 is 1.21 bits per heavy atom. The lowest BCUT2D eigenvalue weighted by Gasteiger charge is -2.37. The van der Waals surface area contributed by atoms with Gasteiger partial charge in [0.05, 0.1) is 12.2 Å². The quantitative estimate of drug-likeness (QED) is 0.795. The summed E-state index contributed by atoms with van der Waals surface area (Å²) in [5.74, 6) is 1.21. The van der Waals surface area contributed by atoms with Crippen LogP contribution in [0.25, 0.3) is 0 Å². The summed E-state index contributed by atoms with van der Waals surface area (Å²) < 4.78 is 5.88. The van der Waals surface area contributed by atoms with E-state index in [0.29, 0.717) is 0 Å². The predicted octanol–water partition coefficient (Wildman–Crippen LogP) is 3.86. The maximum absolute atomic E-state index is 5.88. The topological polar surface area (TPSA) is 12.5 Å². The fraction of sp³-hybridized carbons (Fsp3) is 0.412. The largest absolute Gasteiger partial charge is 0.494 e. The Kier molecular flexibility index (Phi) is 3.58. The Hall–Kier alpha value is -1.70. The van der Waals surface area contributed by atoms with E-state index in [1.165, 1.54) is 35.4 Å². The van der Waals surface area contributed by atoms with Crippen LogP contribution in [0.4, 0.5) is 0 Å². The molecule has 0 amide bonds. The average molecular weight is 255 g/mol. The third-order valence-electron chi connectivity index (χ3n) is 3.94. The molecular formula is C17H21NO. The van der Waals surface area contributed by atoms with Crippen molar-refractivity contribution in [3.8, 4) is 0 Å². The van der Waals surface area contributed by atoms with E-state index in [2.05, 4.69) is 48.2 Å². The predicted molar refractivity (Wildman–Crippen MR) is 77.4 cm³/mol. The van der Waals surface area contributed by atoms with E-state index in [1.807, 2.05) is 0 Å². The third kappa shape index (κ3) is 2.53. The average Bonchev–Trinajstić information content (AvgIpc) is 2.48. The van der Waals surface area contributed by atoms with E-state index >= 15 is 0 Å². The second kappa shape index (κ2) is 5.52. The van der Waals surface area contributed by atoms with Gasteiger partial charge in [0, 0.05) is 13.0 Å². The first-order chi connectivity index (χ1) is 9.38. The van der Waals surface area contributed by atoms with Crippen LogP contribution in [0.15, 0.2) is 53.4 Å². The van der Waals surface area contributed by atoms with Crippen LogP contribution in [0.2, 0.25) is 0 Å².